The summed E-state index contributed by atoms with van der Waals surface area (Å²) >= 11 is 0. The van der Waals surface area contributed by atoms with Gasteiger partial charge in [0.05, 0.1) is 17.5 Å². The van der Waals surface area contributed by atoms with Gasteiger partial charge in [-0.05, 0) is 44.5 Å². The van der Waals surface area contributed by atoms with Crippen molar-refractivity contribution in [2.75, 3.05) is 18.4 Å². The minimum absolute atomic E-state index is 0.0522. The molecule has 0 unspecified atom stereocenters. The number of rotatable bonds is 7. The Morgan fingerprint density at radius 1 is 1.25 bits per heavy atom. The van der Waals surface area contributed by atoms with E-state index in [4.69, 9.17) is 9.68 Å². The molecule has 124 valence electrons. The molecule has 1 amide bonds. The highest BCUT2D eigenvalue weighted by Crippen LogP contribution is 2.17. The van der Waals surface area contributed by atoms with Crippen LogP contribution in [0.3, 0.4) is 0 Å². The molecule has 2 N–H and O–H groups in total. The lowest BCUT2D eigenvalue weighted by Crippen LogP contribution is -2.26. The van der Waals surface area contributed by atoms with Gasteiger partial charge in [-0.3, -0.25) is 9.59 Å². The molecule has 6 nitrogen and oxygen atoms in total. The smallest absolute Gasteiger partial charge is 0.287 e. The van der Waals surface area contributed by atoms with Crippen molar-refractivity contribution >= 4 is 17.4 Å². The quantitative estimate of drug-likeness (QED) is 0.603. The zero-order valence-corrected chi connectivity index (χ0v) is 13.7. The topological polar surface area (TPSA) is 95.1 Å². The van der Waals surface area contributed by atoms with E-state index in [1.807, 2.05) is 6.92 Å². The lowest BCUT2D eigenvalue weighted by atomic mass is 10.1. The van der Waals surface area contributed by atoms with E-state index in [0.717, 1.165) is 5.56 Å². The Bertz CT molecular complexity index is 787. The number of aryl methyl sites for hydroxylation is 1. The van der Waals surface area contributed by atoms with Gasteiger partial charge in [-0.15, -0.1) is 0 Å². The molecule has 0 aliphatic heterocycles. The second-order valence-electron chi connectivity index (χ2n) is 5.40. The number of nitriles is 1. The number of carbonyl (C=O) groups is 2. The zero-order chi connectivity index (χ0) is 17.5. The van der Waals surface area contributed by atoms with Crippen molar-refractivity contribution in [1.82, 2.24) is 5.32 Å². The van der Waals surface area contributed by atoms with Crippen LogP contribution in [0.2, 0.25) is 0 Å². The maximum atomic E-state index is 11.9. The molecular formula is C18H19N3O3. The molecule has 24 heavy (non-hydrogen) atoms. The molecule has 0 saturated heterocycles. The largest absolute Gasteiger partial charge is 0.459 e. The first kappa shape index (κ1) is 17.3. The fourth-order valence-corrected chi connectivity index (χ4v) is 2.21. The predicted molar refractivity (Wildman–Crippen MR) is 90.0 cm³/mol. The fourth-order valence-electron chi connectivity index (χ4n) is 2.21. The van der Waals surface area contributed by atoms with E-state index in [2.05, 4.69) is 16.7 Å². The third-order valence-electron chi connectivity index (χ3n) is 3.57. The van der Waals surface area contributed by atoms with E-state index in [9.17, 15) is 9.59 Å². The summed E-state index contributed by atoms with van der Waals surface area (Å²) in [5.41, 5.74) is 2.46. The number of ketones is 1. The number of carbonyl (C=O) groups excluding carboxylic acids is 2. The SMILES string of the molecule is CC(=O)c1ccc(C#N)c(NCCCNC(=O)c2occc2C)c1. The number of hydrogen-bond donors (Lipinski definition) is 2. The van der Waals surface area contributed by atoms with E-state index in [0.29, 0.717) is 42.1 Å². The predicted octanol–water partition coefficient (Wildman–Crippen LogP) is 2.89. The van der Waals surface area contributed by atoms with Gasteiger partial charge in [-0.25, -0.2) is 0 Å². The molecule has 0 aliphatic rings. The Labute approximate surface area is 140 Å². The summed E-state index contributed by atoms with van der Waals surface area (Å²) in [5.74, 6) is 0.0290. The summed E-state index contributed by atoms with van der Waals surface area (Å²) < 4.78 is 5.12. The van der Waals surface area contributed by atoms with E-state index < -0.39 is 0 Å². The highest BCUT2D eigenvalue weighted by atomic mass is 16.3. The average molecular weight is 325 g/mol. The van der Waals surface area contributed by atoms with Crippen LogP contribution in [0.15, 0.2) is 34.9 Å². The van der Waals surface area contributed by atoms with Crippen LogP contribution in [0, 0.1) is 18.3 Å². The minimum Gasteiger partial charge on any atom is -0.459 e. The number of Topliss-reactive ketones (excluding diaryl/α,β-unsaturated/α-hetero) is 1. The van der Waals surface area contributed by atoms with Crippen molar-refractivity contribution in [3.05, 3.63) is 53.0 Å². The normalized spacial score (nSPS) is 10.0. The number of anilines is 1. The Morgan fingerprint density at radius 3 is 2.67 bits per heavy atom. The van der Waals surface area contributed by atoms with E-state index >= 15 is 0 Å². The van der Waals surface area contributed by atoms with Crippen LogP contribution in [0.5, 0.6) is 0 Å². The molecule has 0 bridgehead atoms. The summed E-state index contributed by atoms with van der Waals surface area (Å²) in [5, 5.41) is 15.0. The Hall–Kier alpha value is -3.07. The van der Waals surface area contributed by atoms with Gasteiger partial charge < -0.3 is 15.1 Å². The first-order chi connectivity index (χ1) is 11.5. The van der Waals surface area contributed by atoms with Crippen LogP contribution in [0.4, 0.5) is 5.69 Å². The molecule has 0 aliphatic carbocycles. The minimum atomic E-state index is -0.242. The molecule has 2 aromatic rings. The van der Waals surface area contributed by atoms with Crippen LogP contribution in [-0.4, -0.2) is 24.8 Å². The number of hydrogen-bond acceptors (Lipinski definition) is 5. The third kappa shape index (κ3) is 4.23. The summed E-state index contributed by atoms with van der Waals surface area (Å²) in [6.07, 6.45) is 2.15. The van der Waals surface area contributed by atoms with Crippen molar-refractivity contribution in [1.29, 1.82) is 5.26 Å². The van der Waals surface area contributed by atoms with E-state index in [1.54, 1.807) is 24.3 Å². The van der Waals surface area contributed by atoms with Crippen molar-refractivity contribution in [2.45, 2.75) is 20.3 Å². The number of furan rings is 1. The second kappa shape index (κ2) is 7.97. The van der Waals surface area contributed by atoms with Gasteiger partial charge in [-0.2, -0.15) is 5.26 Å². The van der Waals surface area contributed by atoms with Crippen molar-refractivity contribution < 1.29 is 14.0 Å². The summed E-state index contributed by atoms with van der Waals surface area (Å²) in [6.45, 7) is 4.33. The van der Waals surface area contributed by atoms with Crippen LogP contribution >= 0.6 is 0 Å². The molecule has 0 spiro atoms. The fraction of sp³-hybridized carbons (Fsp3) is 0.278. The van der Waals surface area contributed by atoms with E-state index in [1.165, 1.54) is 13.2 Å². The zero-order valence-electron chi connectivity index (χ0n) is 13.7. The van der Waals surface area contributed by atoms with Crippen LogP contribution < -0.4 is 10.6 Å². The van der Waals surface area contributed by atoms with E-state index in [-0.39, 0.29) is 11.7 Å². The maximum Gasteiger partial charge on any atom is 0.287 e. The molecule has 1 aromatic carbocycles. The van der Waals surface area contributed by atoms with Gasteiger partial charge >= 0.3 is 0 Å². The van der Waals surface area contributed by atoms with Crippen molar-refractivity contribution in [3.8, 4) is 6.07 Å². The molecule has 0 saturated carbocycles. The van der Waals surface area contributed by atoms with Gasteiger partial charge in [0, 0.05) is 24.2 Å². The number of benzene rings is 1. The van der Waals surface area contributed by atoms with Gasteiger partial charge in [0.1, 0.15) is 6.07 Å². The second-order valence-corrected chi connectivity index (χ2v) is 5.40. The molecule has 0 fully saturated rings. The molecule has 1 aromatic heterocycles. The van der Waals surface area contributed by atoms with Crippen LogP contribution in [0.1, 0.15) is 45.4 Å². The summed E-state index contributed by atoms with van der Waals surface area (Å²) in [4.78, 5) is 23.3. The molecule has 6 heteroatoms. The summed E-state index contributed by atoms with van der Waals surface area (Å²) in [6, 6.07) is 8.76. The lowest BCUT2D eigenvalue weighted by Gasteiger charge is -2.10. The Balaban J connectivity index is 1.83. The number of nitrogens with zero attached hydrogens (tertiary/aromatic N) is 1. The number of amides is 1. The lowest BCUT2D eigenvalue weighted by molar-refractivity contribution is 0.0924. The third-order valence-corrected chi connectivity index (χ3v) is 3.57. The maximum absolute atomic E-state index is 11.9. The summed E-state index contributed by atoms with van der Waals surface area (Å²) in [7, 11) is 0. The highest BCUT2D eigenvalue weighted by Gasteiger charge is 2.11. The van der Waals surface area contributed by atoms with Crippen LogP contribution in [-0.2, 0) is 0 Å². The van der Waals surface area contributed by atoms with Crippen molar-refractivity contribution in [2.24, 2.45) is 0 Å². The Morgan fingerprint density at radius 2 is 2.04 bits per heavy atom. The molecule has 0 radical (unpaired) electrons. The molecule has 2 rings (SSSR count). The first-order valence-electron chi connectivity index (χ1n) is 7.64. The molecule has 1 heterocycles. The monoisotopic (exact) mass is 325 g/mol. The Kier molecular flexibility index (Phi) is 5.74. The average Bonchev–Trinajstić information content (AvgIpc) is 3.00. The van der Waals surface area contributed by atoms with Gasteiger partial charge in [-0.1, -0.05) is 0 Å². The van der Waals surface area contributed by atoms with Crippen molar-refractivity contribution in [3.63, 3.8) is 0 Å². The standard InChI is InChI=1S/C18H19N3O3/c1-12-6-9-24-17(12)18(23)21-8-3-7-20-16-10-14(13(2)22)4-5-15(16)11-19/h4-6,9-10,20H,3,7-8H2,1-2H3,(H,21,23). The first-order valence-corrected chi connectivity index (χ1v) is 7.64. The van der Waals surface area contributed by atoms with Gasteiger partial charge in [0.2, 0.25) is 0 Å². The van der Waals surface area contributed by atoms with Gasteiger partial charge in [0.15, 0.2) is 11.5 Å². The number of nitrogens with one attached hydrogen (secondary N) is 2. The molecular weight excluding hydrogens is 306 g/mol. The van der Waals surface area contributed by atoms with Crippen LogP contribution in [0.25, 0.3) is 0 Å². The molecule has 0 atom stereocenters. The highest BCUT2D eigenvalue weighted by molar-refractivity contribution is 5.95. The van der Waals surface area contributed by atoms with Gasteiger partial charge in [0.25, 0.3) is 5.91 Å².